The maximum absolute atomic E-state index is 6.18. The number of aromatic amines is 1. The van der Waals surface area contributed by atoms with Gasteiger partial charge in [-0.15, -0.1) is 0 Å². The van der Waals surface area contributed by atoms with Gasteiger partial charge >= 0.3 is 0 Å². The summed E-state index contributed by atoms with van der Waals surface area (Å²) >= 11 is 2.06. The van der Waals surface area contributed by atoms with Gasteiger partial charge in [0.05, 0.1) is 11.6 Å². The lowest BCUT2D eigenvalue weighted by Crippen LogP contribution is -2.45. The van der Waals surface area contributed by atoms with Crippen LogP contribution in [0.15, 0.2) is 12.4 Å². The first-order chi connectivity index (χ1) is 9.33. The molecular formula is C14H23N3OS. The van der Waals surface area contributed by atoms with Crippen LogP contribution in [-0.2, 0) is 4.74 Å². The summed E-state index contributed by atoms with van der Waals surface area (Å²) in [4.78, 5) is 7.69. The monoisotopic (exact) mass is 281 g/mol. The van der Waals surface area contributed by atoms with Crippen LogP contribution < -0.4 is 5.32 Å². The van der Waals surface area contributed by atoms with Crippen molar-refractivity contribution in [2.24, 2.45) is 5.92 Å². The van der Waals surface area contributed by atoms with Gasteiger partial charge in [-0.05, 0) is 50.2 Å². The quantitative estimate of drug-likeness (QED) is 0.893. The molecule has 2 unspecified atom stereocenters. The third-order valence-corrected chi connectivity index (χ3v) is 5.52. The van der Waals surface area contributed by atoms with Crippen molar-refractivity contribution in [3.05, 3.63) is 18.2 Å². The number of nitrogens with one attached hydrogen (secondary N) is 2. The molecular weight excluding hydrogens is 258 g/mol. The van der Waals surface area contributed by atoms with Crippen molar-refractivity contribution in [1.82, 2.24) is 15.3 Å². The van der Waals surface area contributed by atoms with Gasteiger partial charge < -0.3 is 15.0 Å². The Labute approximate surface area is 119 Å². The van der Waals surface area contributed by atoms with Crippen LogP contribution >= 0.6 is 11.8 Å². The summed E-state index contributed by atoms with van der Waals surface area (Å²) in [5.74, 6) is 4.18. The van der Waals surface area contributed by atoms with Crippen LogP contribution in [0.4, 0.5) is 0 Å². The Morgan fingerprint density at radius 2 is 2.37 bits per heavy atom. The molecule has 106 valence electrons. The molecule has 1 aromatic rings. The Bertz CT molecular complexity index is 384. The number of rotatable bonds is 3. The van der Waals surface area contributed by atoms with Gasteiger partial charge in [0.15, 0.2) is 0 Å². The summed E-state index contributed by atoms with van der Waals surface area (Å²) in [5, 5.41) is 3.44. The van der Waals surface area contributed by atoms with Crippen molar-refractivity contribution in [3.8, 4) is 0 Å². The lowest BCUT2D eigenvalue weighted by atomic mass is 9.78. The van der Waals surface area contributed by atoms with E-state index in [9.17, 15) is 0 Å². The van der Waals surface area contributed by atoms with Crippen LogP contribution in [0.25, 0.3) is 0 Å². The SMILES string of the molecule is CNC(c1ncc[nH]1)C1CCOC2(CCSCC2)C1. The molecule has 19 heavy (non-hydrogen) atoms. The highest BCUT2D eigenvalue weighted by atomic mass is 32.2. The van der Waals surface area contributed by atoms with Gasteiger partial charge in [0.1, 0.15) is 5.82 Å². The molecule has 3 rings (SSSR count). The Hall–Kier alpha value is -0.520. The molecule has 5 heteroatoms. The molecule has 3 heterocycles. The average molecular weight is 281 g/mol. The Morgan fingerprint density at radius 1 is 1.53 bits per heavy atom. The van der Waals surface area contributed by atoms with Gasteiger partial charge in [0.2, 0.25) is 0 Å². The van der Waals surface area contributed by atoms with E-state index in [2.05, 4.69) is 27.0 Å². The van der Waals surface area contributed by atoms with Crippen molar-refractivity contribution < 1.29 is 4.74 Å². The highest BCUT2D eigenvalue weighted by Crippen LogP contribution is 2.42. The first-order valence-corrected chi connectivity index (χ1v) is 8.37. The minimum Gasteiger partial charge on any atom is -0.375 e. The highest BCUT2D eigenvalue weighted by Gasteiger charge is 2.41. The molecule has 2 aliphatic heterocycles. The molecule has 1 aromatic heterocycles. The van der Waals surface area contributed by atoms with Gasteiger partial charge in [0, 0.05) is 19.0 Å². The van der Waals surface area contributed by atoms with Gasteiger partial charge in [-0.2, -0.15) is 11.8 Å². The molecule has 0 radical (unpaired) electrons. The van der Waals surface area contributed by atoms with Crippen LogP contribution in [0.2, 0.25) is 0 Å². The third-order valence-electron chi connectivity index (χ3n) is 4.53. The van der Waals surface area contributed by atoms with Gasteiger partial charge in [-0.25, -0.2) is 4.98 Å². The summed E-state index contributed by atoms with van der Waals surface area (Å²) in [6, 6.07) is 0.324. The van der Waals surface area contributed by atoms with E-state index in [1.165, 1.54) is 30.8 Å². The number of ether oxygens (including phenoxy) is 1. The van der Waals surface area contributed by atoms with Crippen molar-refractivity contribution in [1.29, 1.82) is 0 Å². The molecule has 0 saturated carbocycles. The molecule has 2 N–H and O–H groups in total. The van der Waals surface area contributed by atoms with Crippen LogP contribution in [0.3, 0.4) is 0 Å². The predicted octanol–water partition coefficient (Wildman–Crippen LogP) is 2.36. The summed E-state index contributed by atoms with van der Waals surface area (Å²) < 4.78 is 6.18. The fraction of sp³-hybridized carbons (Fsp3) is 0.786. The molecule has 4 nitrogen and oxygen atoms in total. The Balaban J connectivity index is 1.73. The Morgan fingerprint density at radius 3 is 3.05 bits per heavy atom. The molecule has 1 spiro atoms. The van der Waals surface area contributed by atoms with Crippen molar-refractivity contribution in [2.45, 2.75) is 37.3 Å². The van der Waals surface area contributed by atoms with Crippen LogP contribution in [0, 0.1) is 5.92 Å². The number of nitrogens with zero attached hydrogens (tertiary/aromatic N) is 1. The number of H-pyrrole nitrogens is 1. The molecule has 0 bridgehead atoms. The lowest BCUT2D eigenvalue weighted by molar-refractivity contribution is -0.107. The maximum Gasteiger partial charge on any atom is 0.123 e. The zero-order valence-electron chi connectivity index (χ0n) is 11.5. The molecule has 2 aliphatic rings. The number of imidazole rings is 1. The lowest BCUT2D eigenvalue weighted by Gasteiger charge is -2.45. The maximum atomic E-state index is 6.18. The van der Waals surface area contributed by atoms with E-state index in [0.29, 0.717) is 12.0 Å². The standard InChI is InChI=1S/C14H23N3OS/c1-15-12(13-16-5-6-17-13)11-2-7-18-14(10-11)3-8-19-9-4-14/h5-6,11-12,15H,2-4,7-10H2,1H3,(H,16,17). The number of aromatic nitrogens is 2. The molecule has 0 amide bonds. The first kappa shape index (κ1) is 13.5. The van der Waals surface area contributed by atoms with E-state index < -0.39 is 0 Å². The second kappa shape index (κ2) is 5.85. The molecule has 2 saturated heterocycles. The normalized spacial score (nSPS) is 28.4. The zero-order valence-corrected chi connectivity index (χ0v) is 12.3. The van der Waals surface area contributed by atoms with Gasteiger partial charge in [-0.1, -0.05) is 0 Å². The number of hydrogen-bond donors (Lipinski definition) is 2. The fourth-order valence-electron chi connectivity index (χ4n) is 3.49. The van der Waals surface area contributed by atoms with E-state index in [1.807, 2.05) is 19.4 Å². The van der Waals surface area contributed by atoms with E-state index in [-0.39, 0.29) is 5.60 Å². The van der Waals surface area contributed by atoms with Gasteiger partial charge in [-0.3, -0.25) is 0 Å². The number of hydrogen-bond acceptors (Lipinski definition) is 4. The van der Waals surface area contributed by atoms with E-state index in [0.717, 1.165) is 18.9 Å². The topological polar surface area (TPSA) is 49.9 Å². The van der Waals surface area contributed by atoms with Crippen molar-refractivity contribution in [2.75, 3.05) is 25.2 Å². The first-order valence-electron chi connectivity index (χ1n) is 7.21. The van der Waals surface area contributed by atoms with Crippen LogP contribution in [-0.4, -0.2) is 40.7 Å². The number of thioether (sulfide) groups is 1. The molecule has 2 fully saturated rings. The average Bonchev–Trinajstić information content (AvgIpc) is 2.95. The molecule has 0 aliphatic carbocycles. The Kier molecular flexibility index (Phi) is 4.15. The van der Waals surface area contributed by atoms with Gasteiger partial charge in [0.25, 0.3) is 0 Å². The summed E-state index contributed by atoms with van der Waals surface area (Å²) in [6.07, 6.45) is 8.46. The predicted molar refractivity (Wildman–Crippen MR) is 78.4 cm³/mol. The summed E-state index contributed by atoms with van der Waals surface area (Å²) in [6.45, 7) is 0.897. The molecule has 0 aromatic carbocycles. The minimum atomic E-state index is 0.149. The second-order valence-corrected chi connectivity index (χ2v) is 6.86. The van der Waals surface area contributed by atoms with Crippen molar-refractivity contribution in [3.63, 3.8) is 0 Å². The summed E-state index contributed by atoms with van der Waals surface area (Å²) in [5.41, 5.74) is 0.149. The van der Waals surface area contributed by atoms with E-state index in [4.69, 9.17) is 4.74 Å². The highest BCUT2D eigenvalue weighted by molar-refractivity contribution is 7.99. The largest absolute Gasteiger partial charge is 0.375 e. The van der Waals surface area contributed by atoms with Crippen molar-refractivity contribution >= 4 is 11.8 Å². The van der Waals surface area contributed by atoms with Crippen LogP contribution in [0.1, 0.15) is 37.5 Å². The van der Waals surface area contributed by atoms with E-state index in [1.54, 1.807) is 0 Å². The fourth-order valence-corrected chi connectivity index (χ4v) is 4.72. The minimum absolute atomic E-state index is 0.149. The summed E-state index contributed by atoms with van der Waals surface area (Å²) in [7, 11) is 2.03. The van der Waals surface area contributed by atoms with E-state index >= 15 is 0 Å². The smallest absolute Gasteiger partial charge is 0.123 e. The molecule has 2 atom stereocenters. The van der Waals surface area contributed by atoms with Crippen LogP contribution in [0.5, 0.6) is 0 Å². The zero-order chi connectivity index (χ0) is 13.1. The third kappa shape index (κ3) is 2.83. The second-order valence-electron chi connectivity index (χ2n) is 5.64.